The summed E-state index contributed by atoms with van der Waals surface area (Å²) in [7, 11) is 0. The summed E-state index contributed by atoms with van der Waals surface area (Å²) in [5.41, 5.74) is 2.63. The molecule has 1 amide bonds. The first-order valence-electron chi connectivity index (χ1n) is 5.69. The highest BCUT2D eigenvalue weighted by molar-refractivity contribution is 5.96. The summed E-state index contributed by atoms with van der Waals surface area (Å²) in [6, 6.07) is 5.56. The van der Waals surface area contributed by atoms with Crippen molar-refractivity contribution in [1.29, 1.82) is 0 Å². The van der Waals surface area contributed by atoms with Crippen molar-refractivity contribution in [2.24, 2.45) is 0 Å². The van der Waals surface area contributed by atoms with Gasteiger partial charge in [0.2, 0.25) is 0 Å². The third kappa shape index (κ3) is 3.28. The topological polar surface area (TPSA) is 60.8 Å². The van der Waals surface area contributed by atoms with E-state index < -0.39 is 0 Å². The molecule has 0 heterocycles. The van der Waals surface area contributed by atoms with Crippen LogP contribution in [-0.2, 0) is 0 Å². The van der Waals surface area contributed by atoms with Crippen molar-refractivity contribution in [3.63, 3.8) is 0 Å². The average Bonchev–Trinajstić information content (AvgIpc) is 2.31. The minimum Gasteiger partial charge on any atom is -0.395 e. The third-order valence-corrected chi connectivity index (χ3v) is 2.86. The van der Waals surface area contributed by atoms with Crippen molar-refractivity contribution in [3.05, 3.63) is 34.9 Å². The maximum Gasteiger partial charge on any atom is 0.254 e. The molecular formula is C13H19NO3. The molecule has 0 spiro atoms. The van der Waals surface area contributed by atoms with Crippen LogP contribution >= 0.6 is 0 Å². The number of carbonyl (C=O) groups excluding carboxylic acids is 1. The number of aliphatic hydroxyl groups excluding tert-OH is 2. The number of carbonyl (C=O) groups is 1. The lowest BCUT2D eigenvalue weighted by Crippen LogP contribution is -2.36. The van der Waals surface area contributed by atoms with Gasteiger partial charge in [0.25, 0.3) is 5.91 Å². The fourth-order valence-corrected chi connectivity index (χ4v) is 1.71. The average molecular weight is 237 g/mol. The van der Waals surface area contributed by atoms with Crippen molar-refractivity contribution in [2.45, 2.75) is 13.8 Å². The van der Waals surface area contributed by atoms with Gasteiger partial charge in [0.1, 0.15) is 0 Å². The van der Waals surface area contributed by atoms with E-state index in [1.54, 1.807) is 6.07 Å². The molecule has 0 saturated carbocycles. The molecule has 2 N–H and O–H groups in total. The summed E-state index contributed by atoms with van der Waals surface area (Å²) in [5.74, 6) is -0.144. The smallest absolute Gasteiger partial charge is 0.254 e. The molecule has 0 saturated heterocycles. The molecule has 17 heavy (non-hydrogen) atoms. The fraction of sp³-hybridized carbons (Fsp3) is 0.462. The van der Waals surface area contributed by atoms with Gasteiger partial charge in [0.05, 0.1) is 13.2 Å². The highest BCUT2D eigenvalue weighted by Gasteiger charge is 2.17. The van der Waals surface area contributed by atoms with Crippen LogP contribution < -0.4 is 0 Å². The van der Waals surface area contributed by atoms with Crippen molar-refractivity contribution >= 4 is 5.91 Å². The van der Waals surface area contributed by atoms with E-state index in [9.17, 15) is 4.79 Å². The Labute approximate surface area is 101 Å². The number of benzene rings is 1. The second-order valence-corrected chi connectivity index (χ2v) is 3.99. The van der Waals surface area contributed by atoms with Gasteiger partial charge in [0, 0.05) is 18.7 Å². The van der Waals surface area contributed by atoms with Crippen LogP contribution in [0.1, 0.15) is 21.5 Å². The molecule has 0 unspecified atom stereocenters. The molecule has 1 aromatic carbocycles. The number of nitrogens with zero attached hydrogens (tertiary/aromatic N) is 1. The van der Waals surface area contributed by atoms with E-state index in [2.05, 4.69) is 0 Å². The molecule has 4 nitrogen and oxygen atoms in total. The third-order valence-electron chi connectivity index (χ3n) is 2.86. The van der Waals surface area contributed by atoms with E-state index in [0.29, 0.717) is 5.56 Å². The fourth-order valence-electron chi connectivity index (χ4n) is 1.71. The maximum absolute atomic E-state index is 12.2. The lowest BCUT2D eigenvalue weighted by Gasteiger charge is -2.22. The monoisotopic (exact) mass is 237 g/mol. The highest BCUT2D eigenvalue weighted by atomic mass is 16.3. The molecule has 1 aromatic rings. The van der Waals surface area contributed by atoms with Crippen LogP contribution in [0.4, 0.5) is 0 Å². The summed E-state index contributed by atoms with van der Waals surface area (Å²) in [4.78, 5) is 13.7. The van der Waals surface area contributed by atoms with Gasteiger partial charge in [-0.2, -0.15) is 0 Å². The van der Waals surface area contributed by atoms with E-state index in [0.717, 1.165) is 11.1 Å². The Bertz CT molecular complexity index is 384. The molecule has 0 radical (unpaired) electrons. The Morgan fingerprint density at radius 3 is 2.29 bits per heavy atom. The molecule has 0 aromatic heterocycles. The minimum absolute atomic E-state index is 0.101. The van der Waals surface area contributed by atoms with Gasteiger partial charge in [-0.3, -0.25) is 4.79 Å². The second-order valence-electron chi connectivity index (χ2n) is 3.99. The molecule has 0 bridgehead atoms. The van der Waals surface area contributed by atoms with Crippen molar-refractivity contribution in [2.75, 3.05) is 26.3 Å². The number of amides is 1. The van der Waals surface area contributed by atoms with E-state index in [4.69, 9.17) is 10.2 Å². The highest BCUT2D eigenvalue weighted by Crippen LogP contribution is 2.14. The van der Waals surface area contributed by atoms with Gasteiger partial charge in [-0.1, -0.05) is 12.1 Å². The Morgan fingerprint density at radius 2 is 1.76 bits per heavy atom. The first-order valence-corrected chi connectivity index (χ1v) is 5.69. The van der Waals surface area contributed by atoms with Gasteiger partial charge in [0.15, 0.2) is 0 Å². The Morgan fingerprint density at radius 1 is 1.18 bits per heavy atom. The molecule has 94 valence electrons. The van der Waals surface area contributed by atoms with Gasteiger partial charge < -0.3 is 15.1 Å². The van der Waals surface area contributed by atoms with Crippen LogP contribution in [0.5, 0.6) is 0 Å². The largest absolute Gasteiger partial charge is 0.395 e. The Hall–Kier alpha value is -1.39. The zero-order valence-electron chi connectivity index (χ0n) is 10.3. The van der Waals surface area contributed by atoms with E-state index in [-0.39, 0.29) is 32.2 Å². The summed E-state index contributed by atoms with van der Waals surface area (Å²) in [6.07, 6.45) is 0. The SMILES string of the molecule is Cc1cccc(C(=O)N(CCO)CCO)c1C. The zero-order valence-corrected chi connectivity index (χ0v) is 10.3. The molecule has 0 aliphatic carbocycles. The Balaban J connectivity index is 2.96. The molecule has 0 atom stereocenters. The number of aliphatic hydroxyl groups is 2. The molecule has 1 rings (SSSR count). The first kappa shape index (κ1) is 13.7. The lowest BCUT2D eigenvalue weighted by molar-refractivity contribution is 0.0684. The number of rotatable bonds is 5. The van der Waals surface area contributed by atoms with Crippen LogP contribution in [0.25, 0.3) is 0 Å². The van der Waals surface area contributed by atoms with Crippen molar-refractivity contribution < 1.29 is 15.0 Å². The predicted octanol–water partition coefficient (Wildman–Crippen LogP) is 0.730. The summed E-state index contributed by atoms with van der Waals surface area (Å²) < 4.78 is 0. The predicted molar refractivity (Wildman–Crippen MR) is 66.0 cm³/mol. The van der Waals surface area contributed by atoms with E-state index >= 15 is 0 Å². The second kappa shape index (κ2) is 6.37. The van der Waals surface area contributed by atoms with E-state index in [1.165, 1.54) is 4.90 Å². The van der Waals surface area contributed by atoms with Crippen LogP contribution in [0.3, 0.4) is 0 Å². The molecular weight excluding hydrogens is 218 g/mol. The van der Waals surface area contributed by atoms with Crippen LogP contribution in [0, 0.1) is 13.8 Å². The lowest BCUT2D eigenvalue weighted by atomic mass is 10.0. The van der Waals surface area contributed by atoms with Crippen molar-refractivity contribution in [1.82, 2.24) is 4.90 Å². The summed E-state index contributed by atoms with van der Waals surface area (Å²) in [5, 5.41) is 17.8. The standard InChI is InChI=1S/C13H19NO3/c1-10-4-3-5-12(11(10)2)13(17)14(6-8-15)7-9-16/h3-5,15-16H,6-9H2,1-2H3. The summed E-state index contributed by atoms with van der Waals surface area (Å²) in [6.45, 7) is 4.14. The van der Waals surface area contributed by atoms with Crippen LogP contribution in [0.2, 0.25) is 0 Å². The minimum atomic E-state index is -0.144. The number of hydrogen-bond acceptors (Lipinski definition) is 3. The summed E-state index contributed by atoms with van der Waals surface area (Å²) >= 11 is 0. The van der Waals surface area contributed by atoms with E-state index in [1.807, 2.05) is 26.0 Å². The first-order chi connectivity index (χ1) is 8.11. The zero-order chi connectivity index (χ0) is 12.8. The van der Waals surface area contributed by atoms with Gasteiger partial charge in [-0.05, 0) is 31.0 Å². The number of aryl methyl sites for hydroxylation is 1. The van der Waals surface area contributed by atoms with Crippen LogP contribution in [0.15, 0.2) is 18.2 Å². The van der Waals surface area contributed by atoms with Crippen LogP contribution in [-0.4, -0.2) is 47.3 Å². The van der Waals surface area contributed by atoms with Gasteiger partial charge in [-0.25, -0.2) is 0 Å². The molecule has 0 aliphatic rings. The number of hydrogen-bond donors (Lipinski definition) is 2. The maximum atomic E-state index is 12.2. The molecule has 4 heteroatoms. The van der Waals surface area contributed by atoms with Gasteiger partial charge in [-0.15, -0.1) is 0 Å². The van der Waals surface area contributed by atoms with Crippen molar-refractivity contribution in [3.8, 4) is 0 Å². The quantitative estimate of drug-likeness (QED) is 0.793. The molecule has 0 aliphatic heterocycles. The van der Waals surface area contributed by atoms with Gasteiger partial charge >= 0.3 is 0 Å². The normalized spacial score (nSPS) is 10.4. The Kier molecular flexibility index (Phi) is 5.12. The molecule has 0 fully saturated rings.